The highest BCUT2D eigenvalue weighted by molar-refractivity contribution is 7.47. The third-order valence-corrected chi connectivity index (χ3v) is 20.5. The molecule has 6 atom stereocenters. The maximum atomic E-state index is 13.1. The fraction of sp³-hybridized carbons (Fsp3) is 0.949. The van der Waals surface area contributed by atoms with Crippen molar-refractivity contribution in [2.24, 2.45) is 11.8 Å². The number of hydrogen-bond acceptors (Lipinski definition) is 15. The van der Waals surface area contributed by atoms with E-state index in [9.17, 15) is 43.2 Å². The highest BCUT2D eigenvalue weighted by atomic mass is 31.2. The van der Waals surface area contributed by atoms with Gasteiger partial charge in [-0.25, -0.2) is 9.13 Å². The summed E-state index contributed by atoms with van der Waals surface area (Å²) in [6.07, 6.45) is 58.3. The number of phosphoric acid groups is 2. The monoisotopic (exact) mass is 1420 g/mol. The predicted octanol–water partition coefficient (Wildman–Crippen LogP) is 23.1. The second kappa shape index (κ2) is 69.8. The lowest BCUT2D eigenvalue weighted by Crippen LogP contribution is -2.30. The molecular formula is C78H152O17P2. The summed E-state index contributed by atoms with van der Waals surface area (Å²) in [5, 5.41) is 10.6. The zero-order valence-electron chi connectivity index (χ0n) is 63.4. The van der Waals surface area contributed by atoms with Crippen molar-refractivity contribution in [1.29, 1.82) is 0 Å². The molecular weight excluding hydrogens is 1270 g/mol. The Hall–Kier alpha value is -1.94. The normalized spacial score (nSPS) is 14.2. The number of carbonyl (C=O) groups is 4. The molecule has 0 saturated carbocycles. The number of aliphatic hydroxyl groups excluding tert-OH is 1. The Labute approximate surface area is 594 Å². The van der Waals surface area contributed by atoms with Crippen LogP contribution < -0.4 is 0 Å². The molecule has 3 unspecified atom stereocenters. The Morgan fingerprint density at radius 2 is 0.526 bits per heavy atom. The molecule has 17 nitrogen and oxygen atoms in total. The van der Waals surface area contributed by atoms with E-state index in [2.05, 4.69) is 41.5 Å². The summed E-state index contributed by atoms with van der Waals surface area (Å²) in [6.45, 7) is 9.59. The SMILES string of the molecule is CCCCCCCCCCCCCCCCCCCC(=O)OC[C@H](COP(=O)(O)OC[C@@H](O)COP(=O)(O)OC[C@@H](COC(=O)CCCCCCCCC(C)C)OC(=O)CCCCCCCCCCCCCCC)OC(=O)CCCCCCCCCCCCCCCCC(C)CC. The summed E-state index contributed by atoms with van der Waals surface area (Å²) < 4.78 is 68.6. The van der Waals surface area contributed by atoms with E-state index in [0.717, 1.165) is 102 Å². The van der Waals surface area contributed by atoms with Crippen LogP contribution in [-0.4, -0.2) is 96.7 Å². The molecule has 0 aliphatic heterocycles. The van der Waals surface area contributed by atoms with E-state index in [1.54, 1.807) is 0 Å². The van der Waals surface area contributed by atoms with Gasteiger partial charge in [0.25, 0.3) is 0 Å². The minimum atomic E-state index is -4.96. The third kappa shape index (κ3) is 70.9. The van der Waals surface area contributed by atoms with Gasteiger partial charge in [-0.1, -0.05) is 356 Å². The Morgan fingerprint density at radius 1 is 0.299 bits per heavy atom. The second-order valence-electron chi connectivity index (χ2n) is 28.8. The van der Waals surface area contributed by atoms with E-state index in [1.165, 1.54) is 218 Å². The number of phosphoric ester groups is 2. The molecule has 3 N–H and O–H groups in total. The first kappa shape index (κ1) is 95.1. The lowest BCUT2D eigenvalue weighted by molar-refractivity contribution is -0.161. The van der Waals surface area contributed by atoms with Crippen molar-refractivity contribution in [3.63, 3.8) is 0 Å². The van der Waals surface area contributed by atoms with Gasteiger partial charge in [-0.3, -0.25) is 37.3 Å². The fourth-order valence-corrected chi connectivity index (χ4v) is 13.6. The Balaban J connectivity index is 5.23. The van der Waals surface area contributed by atoms with Crippen molar-refractivity contribution >= 4 is 39.5 Å². The molecule has 0 aromatic rings. The summed E-state index contributed by atoms with van der Waals surface area (Å²) in [5.41, 5.74) is 0. The van der Waals surface area contributed by atoms with Gasteiger partial charge in [-0.05, 0) is 37.5 Å². The third-order valence-electron chi connectivity index (χ3n) is 18.6. The summed E-state index contributed by atoms with van der Waals surface area (Å²) >= 11 is 0. The molecule has 0 aliphatic carbocycles. The summed E-state index contributed by atoms with van der Waals surface area (Å²) in [6, 6.07) is 0. The van der Waals surface area contributed by atoms with Gasteiger partial charge in [0.05, 0.1) is 26.4 Å². The average Bonchev–Trinajstić information content (AvgIpc) is 1.56. The maximum Gasteiger partial charge on any atom is 0.472 e. The minimum Gasteiger partial charge on any atom is -0.462 e. The van der Waals surface area contributed by atoms with Gasteiger partial charge in [-0.15, -0.1) is 0 Å². The molecule has 0 heterocycles. The van der Waals surface area contributed by atoms with Gasteiger partial charge in [-0.2, -0.15) is 0 Å². The van der Waals surface area contributed by atoms with Crippen LogP contribution in [0.2, 0.25) is 0 Å². The van der Waals surface area contributed by atoms with Crippen LogP contribution in [0.4, 0.5) is 0 Å². The molecule has 19 heteroatoms. The zero-order chi connectivity index (χ0) is 71.4. The smallest absolute Gasteiger partial charge is 0.462 e. The number of carbonyl (C=O) groups excluding carboxylic acids is 4. The van der Waals surface area contributed by atoms with E-state index in [1.807, 2.05) is 0 Å². The number of ether oxygens (including phenoxy) is 4. The largest absolute Gasteiger partial charge is 0.472 e. The molecule has 0 fully saturated rings. The Morgan fingerprint density at radius 3 is 0.784 bits per heavy atom. The van der Waals surface area contributed by atoms with Crippen LogP contribution in [0.25, 0.3) is 0 Å². The van der Waals surface area contributed by atoms with E-state index in [4.69, 9.17) is 37.0 Å². The number of esters is 4. The van der Waals surface area contributed by atoms with Gasteiger partial charge in [0.2, 0.25) is 0 Å². The zero-order valence-corrected chi connectivity index (χ0v) is 65.2. The quantitative estimate of drug-likeness (QED) is 0.0222. The van der Waals surface area contributed by atoms with Crippen LogP contribution in [0.15, 0.2) is 0 Å². The molecule has 0 radical (unpaired) electrons. The standard InChI is InChI=1S/C78H152O17P2/c1-7-10-12-14-16-18-20-22-23-24-25-30-33-37-41-48-54-60-75(80)88-66-73(94-77(82)63-57-51-43-39-35-31-27-26-29-32-36-40-47-53-59-71(6)9-3)68-92-96(84,85)90-64-72(79)65-91-97(86,87)93-69-74(67-89-76(81)61-55-49-45-44-46-52-58-70(4)5)95-78(83)62-56-50-42-38-34-28-21-19-17-15-13-11-8-2/h70-74,79H,7-69H2,1-6H3,(H,84,85)(H,86,87)/t71?,72-,73-,74-/m1/s1. The van der Waals surface area contributed by atoms with Crippen LogP contribution >= 0.6 is 15.6 Å². The van der Waals surface area contributed by atoms with Crippen molar-refractivity contribution < 1.29 is 80.2 Å². The van der Waals surface area contributed by atoms with Gasteiger partial charge in [0, 0.05) is 25.7 Å². The predicted molar refractivity (Wildman–Crippen MR) is 395 cm³/mol. The summed E-state index contributed by atoms with van der Waals surface area (Å²) in [5.74, 6) is -0.588. The van der Waals surface area contributed by atoms with E-state index < -0.39 is 97.5 Å². The van der Waals surface area contributed by atoms with Crippen LogP contribution in [0.5, 0.6) is 0 Å². The van der Waals surface area contributed by atoms with Gasteiger partial charge >= 0.3 is 39.5 Å². The van der Waals surface area contributed by atoms with Crippen molar-refractivity contribution in [1.82, 2.24) is 0 Å². The van der Waals surface area contributed by atoms with Crippen LogP contribution in [-0.2, 0) is 65.4 Å². The molecule has 0 rings (SSSR count). The Bertz CT molecular complexity index is 1870. The first-order chi connectivity index (χ1) is 46.9. The summed E-state index contributed by atoms with van der Waals surface area (Å²) in [4.78, 5) is 72.9. The molecule has 0 aliphatic rings. The molecule has 0 amide bonds. The Kier molecular flexibility index (Phi) is 68.4. The molecule has 576 valence electrons. The van der Waals surface area contributed by atoms with Crippen molar-refractivity contribution in [2.75, 3.05) is 39.6 Å². The first-order valence-electron chi connectivity index (χ1n) is 40.5. The highest BCUT2D eigenvalue weighted by Crippen LogP contribution is 2.45. The molecule has 0 spiro atoms. The molecule has 0 aromatic heterocycles. The lowest BCUT2D eigenvalue weighted by atomic mass is 9.99. The van der Waals surface area contributed by atoms with E-state index >= 15 is 0 Å². The highest BCUT2D eigenvalue weighted by Gasteiger charge is 2.30. The second-order valence-corrected chi connectivity index (χ2v) is 31.7. The number of aliphatic hydroxyl groups is 1. The molecule has 0 aromatic carbocycles. The van der Waals surface area contributed by atoms with Crippen LogP contribution in [0, 0.1) is 11.8 Å². The van der Waals surface area contributed by atoms with Crippen LogP contribution in [0.1, 0.15) is 408 Å². The molecule has 0 bridgehead atoms. The lowest BCUT2D eigenvalue weighted by Gasteiger charge is -2.21. The fourth-order valence-electron chi connectivity index (χ4n) is 12.0. The van der Waals surface area contributed by atoms with Gasteiger partial charge in [0.15, 0.2) is 12.2 Å². The van der Waals surface area contributed by atoms with Crippen molar-refractivity contribution in [2.45, 2.75) is 426 Å². The number of rotatable bonds is 77. The maximum absolute atomic E-state index is 13.1. The molecule has 97 heavy (non-hydrogen) atoms. The minimum absolute atomic E-state index is 0.107. The van der Waals surface area contributed by atoms with Crippen molar-refractivity contribution in [3.05, 3.63) is 0 Å². The summed E-state index contributed by atoms with van der Waals surface area (Å²) in [7, 11) is -9.91. The van der Waals surface area contributed by atoms with E-state index in [-0.39, 0.29) is 25.7 Å². The first-order valence-corrected chi connectivity index (χ1v) is 43.5. The van der Waals surface area contributed by atoms with Crippen molar-refractivity contribution in [3.8, 4) is 0 Å². The van der Waals surface area contributed by atoms with E-state index in [0.29, 0.717) is 31.6 Å². The van der Waals surface area contributed by atoms with Gasteiger partial charge < -0.3 is 33.8 Å². The van der Waals surface area contributed by atoms with Gasteiger partial charge in [0.1, 0.15) is 19.3 Å². The number of hydrogen-bond donors (Lipinski definition) is 3. The average molecular weight is 1420 g/mol. The number of unbranched alkanes of at least 4 members (excludes halogenated alkanes) is 46. The topological polar surface area (TPSA) is 237 Å². The van der Waals surface area contributed by atoms with Crippen LogP contribution in [0.3, 0.4) is 0 Å². The molecule has 0 saturated heterocycles.